The number of esters is 1. The monoisotopic (exact) mass is 301 g/mol. The molecular weight excluding hydrogens is 282 g/mol. The zero-order chi connectivity index (χ0) is 16.3. The maximum Gasteiger partial charge on any atom is 0.338 e. The fourth-order valence-corrected chi connectivity index (χ4v) is 2.12. The first-order chi connectivity index (χ1) is 10.4. The van der Waals surface area contributed by atoms with E-state index in [-0.39, 0.29) is 12.5 Å². The Morgan fingerprint density at radius 1 is 1.27 bits per heavy atom. The Balaban J connectivity index is 1.94. The van der Waals surface area contributed by atoms with Gasteiger partial charge < -0.3 is 10.1 Å². The number of amides is 1. The number of carbonyl (C=O) groups is 2. The van der Waals surface area contributed by atoms with Crippen LogP contribution in [-0.4, -0.2) is 28.3 Å². The van der Waals surface area contributed by atoms with E-state index in [1.54, 1.807) is 36.9 Å². The van der Waals surface area contributed by atoms with E-state index in [0.29, 0.717) is 11.3 Å². The highest BCUT2D eigenvalue weighted by Crippen LogP contribution is 2.18. The number of aryl methyl sites for hydroxylation is 3. The number of ether oxygens (including phenoxy) is 1. The highest BCUT2D eigenvalue weighted by Gasteiger charge is 2.14. The Labute approximate surface area is 129 Å². The van der Waals surface area contributed by atoms with Crippen LogP contribution in [0.2, 0.25) is 0 Å². The molecule has 1 aromatic carbocycles. The predicted molar refractivity (Wildman–Crippen MR) is 82.8 cm³/mol. The first kappa shape index (κ1) is 15.8. The van der Waals surface area contributed by atoms with Crippen molar-refractivity contribution in [2.75, 3.05) is 11.9 Å². The van der Waals surface area contributed by atoms with E-state index in [2.05, 4.69) is 10.4 Å². The maximum atomic E-state index is 11.9. The molecule has 0 bridgehead atoms. The molecule has 6 heteroatoms. The van der Waals surface area contributed by atoms with E-state index in [0.717, 1.165) is 17.0 Å². The molecule has 0 aliphatic heterocycles. The summed E-state index contributed by atoms with van der Waals surface area (Å²) in [6, 6.07) is 7.03. The fourth-order valence-electron chi connectivity index (χ4n) is 2.12. The Hall–Kier alpha value is -2.63. The molecule has 6 nitrogen and oxygen atoms in total. The third kappa shape index (κ3) is 3.52. The van der Waals surface area contributed by atoms with Crippen molar-refractivity contribution in [2.45, 2.75) is 20.8 Å². The van der Waals surface area contributed by atoms with E-state index < -0.39 is 5.97 Å². The van der Waals surface area contributed by atoms with Gasteiger partial charge in [0.15, 0.2) is 6.61 Å². The Bertz CT molecular complexity index is 719. The summed E-state index contributed by atoms with van der Waals surface area (Å²) in [4.78, 5) is 23.8. The molecule has 22 heavy (non-hydrogen) atoms. The number of nitrogens with one attached hydrogen (secondary N) is 1. The van der Waals surface area contributed by atoms with Gasteiger partial charge in [0.1, 0.15) is 0 Å². The first-order valence-electron chi connectivity index (χ1n) is 6.92. The van der Waals surface area contributed by atoms with Gasteiger partial charge in [-0.3, -0.25) is 9.48 Å². The molecule has 1 amide bonds. The summed E-state index contributed by atoms with van der Waals surface area (Å²) < 4.78 is 6.71. The minimum absolute atomic E-state index is 0.333. The molecule has 0 radical (unpaired) electrons. The molecule has 0 aliphatic carbocycles. The lowest BCUT2D eigenvalue weighted by atomic mass is 10.1. The lowest BCUT2D eigenvalue weighted by Gasteiger charge is -2.07. The number of rotatable bonds is 4. The maximum absolute atomic E-state index is 11.9. The van der Waals surface area contributed by atoms with E-state index in [1.807, 2.05) is 19.9 Å². The van der Waals surface area contributed by atoms with Crippen LogP contribution in [0.4, 0.5) is 5.69 Å². The van der Waals surface area contributed by atoms with Crippen LogP contribution >= 0.6 is 0 Å². The third-order valence-corrected chi connectivity index (χ3v) is 3.36. The van der Waals surface area contributed by atoms with Gasteiger partial charge in [0.2, 0.25) is 0 Å². The lowest BCUT2D eigenvalue weighted by molar-refractivity contribution is -0.119. The second-order valence-electron chi connectivity index (χ2n) is 5.16. The molecule has 0 fully saturated rings. The normalized spacial score (nSPS) is 10.4. The van der Waals surface area contributed by atoms with Crippen molar-refractivity contribution in [3.63, 3.8) is 0 Å². The van der Waals surface area contributed by atoms with Crippen LogP contribution in [0.15, 0.2) is 24.3 Å². The lowest BCUT2D eigenvalue weighted by Crippen LogP contribution is -2.21. The van der Waals surface area contributed by atoms with Crippen molar-refractivity contribution in [3.8, 4) is 0 Å². The van der Waals surface area contributed by atoms with Gasteiger partial charge in [0, 0.05) is 7.05 Å². The fraction of sp³-hybridized carbons (Fsp3) is 0.312. The topological polar surface area (TPSA) is 73.2 Å². The summed E-state index contributed by atoms with van der Waals surface area (Å²) in [7, 11) is 1.80. The van der Waals surface area contributed by atoms with Crippen LogP contribution < -0.4 is 5.32 Å². The quantitative estimate of drug-likeness (QED) is 0.878. The third-order valence-electron chi connectivity index (χ3n) is 3.36. The minimum Gasteiger partial charge on any atom is -0.452 e. The zero-order valence-electron chi connectivity index (χ0n) is 13.1. The summed E-state index contributed by atoms with van der Waals surface area (Å²) in [6.07, 6.45) is 0. The number of hydrogen-bond acceptors (Lipinski definition) is 4. The zero-order valence-corrected chi connectivity index (χ0v) is 13.1. The smallest absolute Gasteiger partial charge is 0.338 e. The predicted octanol–water partition coefficient (Wildman–Crippen LogP) is 2.14. The van der Waals surface area contributed by atoms with Crippen LogP contribution in [0, 0.1) is 20.8 Å². The number of benzene rings is 1. The van der Waals surface area contributed by atoms with Crippen LogP contribution in [0.25, 0.3) is 0 Å². The highest BCUT2D eigenvalue weighted by molar-refractivity contribution is 5.96. The molecule has 2 aromatic rings. The molecule has 0 spiro atoms. The van der Waals surface area contributed by atoms with Crippen LogP contribution in [0.3, 0.4) is 0 Å². The van der Waals surface area contributed by atoms with Gasteiger partial charge in [-0.15, -0.1) is 0 Å². The Morgan fingerprint density at radius 2 is 2.00 bits per heavy atom. The van der Waals surface area contributed by atoms with Crippen molar-refractivity contribution in [1.82, 2.24) is 9.78 Å². The van der Waals surface area contributed by atoms with Crippen LogP contribution in [-0.2, 0) is 16.6 Å². The Morgan fingerprint density at radius 3 is 2.59 bits per heavy atom. The average molecular weight is 301 g/mol. The number of aromatic nitrogens is 2. The highest BCUT2D eigenvalue weighted by atomic mass is 16.5. The summed E-state index contributed by atoms with van der Waals surface area (Å²) in [6.45, 7) is 5.22. The SMILES string of the molecule is Cc1cccc(C(=O)OCC(=O)Nc2c(C)nn(C)c2C)c1. The second-order valence-corrected chi connectivity index (χ2v) is 5.16. The Kier molecular flexibility index (Phi) is 4.60. The molecule has 0 aliphatic rings. The summed E-state index contributed by atoms with van der Waals surface area (Å²) in [5.74, 6) is -0.904. The number of carbonyl (C=O) groups excluding carboxylic acids is 2. The minimum atomic E-state index is -0.515. The van der Waals surface area contributed by atoms with Gasteiger partial charge in [0.25, 0.3) is 5.91 Å². The number of anilines is 1. The van der Waals surface area contributed by atoms with E-state index in [1.165, 1.54) is 0 Å². The first-order valence-corrected chi connectivity index (χ1v) is 6.92. The largest absolute Gasteiger partial charge is 0.452 e. The molecule has 1 aromatic heterocycles. The van der Waals surface area contributed by atoms with E-state index in [9.17, 15) is 9.59 Å². The van der Waals surface area contributed by atoms with Gasteiger partial charge >= 0.3 is 5.97 Å². The van der Waals surface area contributed by atoms with Gasteiger partial charge in [-0.2, -0.15) is 5.10 Å². The van der Waals surface area contributed by atoms with Crippen molar-refractivity contribution in [3.05, 3.63) is 46.8 Å². The number of hydrogen-bond donors (Lipinski definition) is 1. The molecule has 0 saturated carbocycles. The number of nitrogens with zero attached hydrogens (tertiary/aromatic N) is 2. The molecule has 0 saturated heterocycles. The van der Waals surface area contributed by atoms with Crippen molar-refractivity contribution in [1.29, 1.82) is 0 Å². The van der Waals surface area contributed by atoms with Crippen molar-refractivity contribution < 1.29 is 14.3 Å². The van der Waals surface area contributed by atoms with Crippen molar-refractivity contribution >= 4 is 17.6 Å². The molecule has 0 atom stereocenters. The second kappa shape index (κ2) is 6.43. The molecule has 1 heterocycles. The standard InChI is InChI=1S/C16H19N3O3/c1-10-6-5-7-13(8-10)16(21)22-9-14(20)17-15-11(2)18-19(4)12(15)3/h5-8H,9H2,1-4H3,(H,17,20). The molecule has 1 N–H and O–H groups in total. The van der Waals surface area contributed by atoms with Crippen LogP contribution in [0.1, 0.15) is 27.3 Å². The van der Waals surface area contributed by atoms with E-state index in [4.69, 9.17) is 4.74 Å². The summed E-state index contributed by atoms with van der Waals surface area (Å²) in [5, 5.41) is 6.93. The summed E-state index contributed by atoms with van der Waals surface area (Å²) >= 11 is 0. The molecule has 2 rings (SSSR count). The van der Waals surface area contributed by atoms with Crippen LogP contribution in [0.5, 0.6) is 0 Å². The van der Waals surface area contributed by atoms with Gasteiger partial charge in [-0.1, -0.05) is 17.7 Å². The molecule has 0 unspecified atom stereocenters. The molecular formula is C16H19N3O3. The van der Waals surface area contributed by atoms with E-state index >= 15 is 0 Å². The average Bonchev–Trinajstić information content (AvgIpc) is 2.71. The van der Waals surface area contributed by atoms with Gasteiger partial charge in [0.05, 0.1) is 22.6 Å². The van der Waals surface area contributed by atoms with Gasteiger partial charge in [-0.05, 0) is 32.9 Å². The van der Waals surface area contributed by atoms with Gasteiger partial charge in [-0.25, -0.2) is 4.79 Å². The van der Waals surface area contributed by atoms with Crippen molar-refractivity contribution in [2.24, 2.45) is 7.05 Å². The molecule has 116 valence electrons. The summed E-state index contributed by atoms with van der Waals surface area (Å²) in [5.41, 5.74) is 3.61.